The molecule has 4 heteroatoms. The van der Waals surface area contributed by atoms with Gasteiger partial charge in [0.2, 0.25) is 0 Å². The van der Waals surface area contributed by atoms with E-state index in [4.69, 9.17) is 10.3 Å². The maximum Gasteiger partial charge on any atom is 0.167 e. The second kappa shape index (κ2) is 4.72. The standard InChI is InChI=1S/C14H19N3O/c1-9-5-10(2)14(11(3)6-9)17(4)8-12-7-13(15)16-18-12/h5-7H,8H2,1-4H3,(H2,15,16). The maximum absolute atomic E-state index is 5.55. The highest BCUT2D eigenvalue weighted by atomic mass is 16.5. The zero-order valence-corrected chi connectivity index (χ0v) is 11.3. The number of nitrogens with two attached hydrogens (primary N) is 1. The second-order valence-corrected chi connectivity index (χ2v) is 4.82. The number of hydrogen-bond donors (Lipinski definition) is 1. The molecule has 2 aromatic rings. The molecule has 2 N–H and O–H groups in total. The van der Waals surface area contributed by atoms with Crippen molar-refractivity contribution in [2.24, 2.45) is 0 Å². The fraction of sp³-hybridized carbons (Fsp3) is 0.357. The molecule has 0 aliphatic carbocycles. The molecular formula is C14H19N3O. The van der Waals surface area contributed by atoms with Crippen LogP contribution in [-0.2, 0) is 6.54 Å². The Labute approximate surface area is 107 Å². The molecule has 4 nitrogen and oxygen atoms in total. The molecule has 0 spiro atoms. The minimum absolute atomic E-state index is 0.427. The van der Waals surface area contributed by atoms with Crippen molar-refractivity contribution >= 4 is 11.5 Å². The van der Waals surface area contributed by atoms with Gasteiger partial charge in [0.15, 0.2) is 11.6 Å². The Bertz CT molecular complexity index is 537. The first-order chi connectivity index (χ1) is 8.47. The monoisotopic (exact) mass is 245 g/mol. The molecule has 0 bridgehead atoms. The van der Waals surface area contributed by atoms with E-state index in [1.807, 2.05) is 7.05 Å². The number of anilines is 2. The van der Waals surface area contributed by atoms with Gasteiger partial charge < -0.3 is 15.2 Å². The van der Waals surface area contributed by atoms with Gasteiger partial charge in [0.25, 0.3) is 0 Å². The molecule has 0 unspecified atom stereocenters. The van der Waals surface area contributed by atoms with Crippen LogP contribution < -0.4 is 10.6 Å². The summed E-state index contributed by atoms with van der Waals surface area (Å²) in [7, 11) is 2.05. The summed E-state index contributed by atoms with van der Waals surface area (Å²) in [6.45, 7) is 7.02. The maximum atomic E-state index is 5.55. The van der Waals surface area contributed by atoms with E-state index in [0.717, 1.165) is 5.76 Å². The summed E-state index contributed by atoms with van der Waals surface area (Å²) in [5.41, 5.74) is 10.6. The van der Waals surface area contributed by atoms with E-state index in [-0.39, 0.29) is 0 Å². The lowest BCUT2D eigenvalue weighted by Gasteiger charge is -2.23. The molecule has 1 aromatic carbocycles. The summed E-state index contributed by atoms with van der Waals surface area (Å²) < 4.78 is 5.14. The van der Waals surface area contributed by atoms with Crippen molar-refractivity contribution in [1.29, 1.82) is 0 Å². The molecule has 2 rings (SSSR count). The quantitative estimate of drug-likeness (QED) is 0.903. The summed E-state index contributed by atoms with van der Waals surface area (Å²) in [5.74, 6) is 1.20. The number of benzene rings is 1. The number of nitrogen functional groups attached to an aromatic ring is 1. The van der Waals surface area contributed by atoms with Crippen LogP contribution in [0.5, 0.6) is 0 Å². The Hall–Kier alpha value is -1.97. The molecule has 0 aliphatic heterocycles. The Morgan fingerprint density at radius 1 is 1.17 bits per heavy atom. The number of nitrogens with zero attached hydrogens (tertiary/aromatic N) is 2. The van der Waals surface area contributed by atoms with Gasteiger partial charge in [-0.25, -0.2) is 0 Å². The van der Waals surface area contributed by atoms with Gasteiger partial charge in [-0.1, -0.05) is 22.9 Å². The molecule has 0 saturated carbocycles. The molecule has 1 aromatic heterocycles. The minimum atomic E-state index is 0.427. The van der Waals surface area contributed by atoms with Crippen molar-refractivity contribution in [1.82, 2.24) is 5.16 Å². The van der Waals surface area contributed by atoms with Crippen LogP contribution >= 0.6 is 0 Å². The third-order valence-corrected chi connectivity index (χ3v) is 2.99. The molecule has 0 amide bonds. The van der Waals surface area contributed by atoms with Crippen LogP contribution in [-0.4, -0.2) is 12.2 Å². The van der Waals surface area contributed by atoms with Crippen molar-refractivity contribution in [3.63, 3.8) is 0 Å². The number of aryl methyl sites for hydroxylation is 3. The summed E-state index contributed by atoms with van der Waals surface area (Å²) in [6, 6.07) is 6.14. The molecule has 1 heterocycles. The Balaban J connectivity index is 2.26. The van der Waals surface area contributed by atoms with Crippen LogP contribution in [0.15, 0.2) is 22.7 Å². The second-order valence-electron chi connectivity index (χ2n) is 4.82. The normalized spacial score (nSPS) is 10.7. The van der Waals surface area contributed by atoms with Crippen molar-refractivity contribution in [2.45, 2.75) is 27.3 Å². The number of hydrogen-bond acceptors (Lipinski definition) is 4. The summed E-state index contributed by atoms with van der Waals surface area (Å²) >= 11 is 0. The first-order valence-corrected chi connectivity index (χ1v) is 5.97. The van der Waals surface area contributed by atoms with Gasteiger partial charge in [0.05, 0.1) is 6.54 Å². The lowest BCUT2D eigenvalue weighted by molar-refractivity contribution is 0.385. The number of rotatable bonds is 3. The van der Waals surface area contributed by atoms with Crippen LogP contribution in [0.1, 0.15) is 22.5 Å². The zero-order chi connectivity index (χ0) is 13.3. The number of aromatic nitrogens is 1. The summed E-state index contributed by atoms with van der Waals surface area (Å²) in [6.07, 6.45) is 0. The van der Waals surface area contributed by atoms with Crippen LogP contribution in [0.4, 0.5) is 11.5 Å². The van der Waals surface area contributed by atoms with Crippen molar-refractivity contribution in [2.75, 3.05) is 17.7 Å². The lowest BCUT2D eigenvalue weighted by Crippen LogP contribution is -2.18. The van der Waals surface area contributed by atoms with Gasteiger partial charge in [-0.3, -0.25) is 0 Å². The minimum Gasteiger partial charge on any atom is -0.381 e. The molecule has 0 aliphatic rings. The molecule has 0 radical (unpaired) electrons. The average molecular weight is 245 g/mol. The molecule has 0 atom stereocenters. The van der Waals surface area contributed by atoms with Gasteiger partial charge in [-0.05, 0) is 31.9 Å². The SMILES string of the molecule is Cc1cc(C)c(N(C)Cc2cc(N)no2)c(C)c1. The largest absolute Gasteiger partial charge is 0.381 e. The highest BCUT2D eigenvalue weighted by Gasteiger charge is 2.11. The van der Waals surface area contributed by atoms with Gasteiger partial charge in [-0.2, -0.15) is 0 Å². The molecular weight excluding hydrogens is 226 g/mol. The Morgan fingerprint density at radius 2 is 1.78 bits per heavy atom. The van der Waals surface area contributed by atoms with E-state index < -0.39 is 0 Å². The summed E-state index contributed by atoms with van der Waals surface area (Å²) in [4.78, 5) is 2.16. The lowest BCUT2D eigenvalue weighted by atomic mass is 10.0. The van der Waals surface area contributed by atoms with Gasteiger partial charge in [0.1, 0.15) is 0 Å². The van der Waals surface area contributed by atoms with Crippen LogP contribution in [0.3, 0.4) is 0 Å². The smallest absolute Gasteiger partial charge is 0.167 e. The Kier molecular flexibility index (Phi) is 3.28. The van der Waals surface area contributed by atoms with Gasteiger partial charge in [-0.15, -0.1) is 0 Å². The van der Waals surface area contributed by atoms with E-state index in [1.165, 1.54) is 22.4 Å². The third-order valence-electron chi connectivity index (χ3n) is 2.99. The van der Waals surface area contributed by atoms with Crippen LogP contribution in [0, 0.1) is 20.8 Å². The van der Waals surface area contributed by atoms with E-state index in [9.17, 15) is 0 Å². The third kappa shape index (κ3) is 2.47. The Morgan fingerprint density at radius 3 is 2.28 bits per heavy atom. The van der Waals surface area contributed by atoms with Gasteiger partial charge in [0, 0.05) is 18.8 Å². The molecule has 96 valence electrons. The fourth-order valence-electron chi connectivity index (χ4n) is 2.49. The van der Waals surface area contributed by atoms with Crippen molar-refractivity contribution < 1.29 is 4.52 Å². The van der Waals surface area contributed by atoms with Crippen LogP contribution in [0.25, 0.3) is 0 Å². The van der Waals surface area contributed by atoms with Crippen molar-refractivity contribution in [3.8, 4) is 0 Å². The first kappa shape index (κ1) is 12.5. The van der Waals surface area contributed by atoms with Gasteiger partial charge >= 0.3 is 0 Å². The molecule has 18 heavy (non-hydrogen) atoms. The predicted molar refractivity (Wildman–Crippen MR) is 73.7 cm³/mol. The summed E-state index contributed by atoms with van der Waals surface area (Å²) in [5, 5.41) is 3.70. The zero-order valence-electron chi connectivity index (χ0n) is 11.3. The predicted octanol–water partition coefficient (Wildman–Crippen LogP) is 2.82. The molecule has 0 saturated heterocycles. The van der Waals surface area contributed by atoms with E-state index in [1.54, 1.807) is 6.07 Å². The van der Waals surface area contributed by atoms with Crippen LogP contribution in [0.2, 0.25) is 0 Å². The van der Waals surface area contributed by atoms with E-state index >= 15 is 0 Å². The fourth-order valence-corrected chi connectivity index (χ4v) is 2.49. The topological polar surface area (TPSA) is 55.3 Å². The van der Waals surface area contributed by atoms with E-state index in [0.29, 0.717) is 12.4 Å². The van der Waals surface area contributed by atoms with E-state index in [2.05, 4.69) is 43.0 Å². The first-order valence-electron chi connectivity index (χ1n) is 5.97. The highest BCUT2D eigenvalue weighted by Crippen LogP contribution is 2.26. The highest BCUT2D eigenvalue weighted by molar-refractivity contribution is 5.59. The average Bonchev–Trinajstić information content (AvgIpc) is 2.62. The molecule has 0 fully saturated rings. The van der Waals surface area contributed by atoms with Crippen molar-refractivity contribution in [3.05, 3.63) is 40.6 Å².